The third-order valence-electron chi connectivity index (χ3n) is 3.28. The van der Waals surface area contributed by atoms with Crippen molar-refractivity contribution in [2.24, 2.45) is 0 Å². The molecule has 2 aromatic rings. The van der Waals surface area contributed by atoms with E-state index in [1.165, 1.54) is 5.56 Å². The molecule has 2 rings (SSSR count). The van der Waals surface area contributed by atoms with E-state index in [4.69, 9.17) is 4.74 Å². The van der Waals surface area contributed by atoms with Gasteiger partial charge in [-0.25, -0.2) is 0 Å². The Kier molecular flexibility index (Phi) is 6.73. The van der Waals surface area contributed by atoms with Gasteiger partial charge in [-0.15, -0.1) is 0 Å². The summed E-state index contributed by atoms with van der Waals surface area (Å²) in [5.74, 6) is -0.127. The maximum absolute atomic E-state index is 12.1. The number of alkyl halides is 1. The molecule has 0 aromatic heterocycles. The fourth-order valence-electron chi connectivity index (χ4n) is 2.17. The molecule has 110 valence electrons. The Labute approximate surface area is 139 Å². The topological polar surface area (TPSA) is 26.3 Å². The first-order valence-corrected chi connectivity index (χ1v) is 8.66. The first-order valence-electron chi connectivity index (χ1n) is 7.14. The van der Waals surface area contributed by atoms with E-state index in [-0.39, 0.29) is 12.1 Å². The summed E-state index contributed by atoms with van der Waals surface area (Å²) in [4.78, 5) is 12.1. The summed E-state index contributed by atoms with van der Waals surface area (Å²) in [6, 6.07) is 20.0. The first kappa shape index (κ1) is 16.0. The van der Waals surface area contributed by atoms with Crippen molar-refractivity contribution in [3.63, 3.8) is 0 Å². The predicted molar refractivity (Wildman–Crippen MR) is 93.5 cm³/mol. The van der Waals surface area contributed by atoms with Crippen molar-refractivity contribution in [3.8, 4) is 0 Å². The SMILES string of the molecule is O=C(CCc1ccccc1)O[C@H](CCI)c1ccccc1. The smallest absolute Gasteiger partial charge is 0.306 e. The molecule has 0 aliphatic carbocycles. The first-order chi connectivity index (χ1) is 10.3. The average molecular weight is 394 g/mol. The molecule has 21 heavy (non-hydrogen) atoms. The Morgan fingerprint density at radius 1 is 1.00 bits per heavy atom. The van der Waals surface area contributed by atoms with Crippen LogP contribution in [0.3, 0.4) is 0 Å². The molecule has 0 aliphatic rings. The summed E-state index contributed by atoms with van der Waals surface area (Å²) >= 11 is 2.32. The molecule has 0 bridgehead atoms. The fraction of sp³-hybridized carbons (Fsp3) is 0.278. The van der Waals surface area contributed by atoms with Crippen molar-refractivity contribution in [1.82, 2.24) is 0 Å². The Bertz CT molecular complexity index is 540. The number of hydrogen-bond acceptors (Lipinski definition) is 2. The summed E-state index contributed by atoms with van der Waals surface area (Å²) in [7, 11) is 0. The van der Waals surface area contributed by atoms with Crippen molar-refractivity contribution in [1.29, 1.82) is 0 Å². The van der Waals surface area contributed by atoms with Gasteiger partial charge >= 0.3 is 5.97 Å². The van der Waals surface area contributed by atoms with Crippen LogP contribution in [0.2, 0.25) is 0 Å². The maximum atomic E-state index is 12.1. The molecular formula is C18H19IO2. The number of aryl methyl sites for hydroxylation is 1. The number of carbonyl (C=O) groups is 1. The lowest BCUT2D eigenvalue weighted by molar-refractivity contribution is -0.149. The van der Waals surface area contributed by atoms with E-state index >= 15 is 0 Å². The van der Waals surface area contributed by atoms with Crippen molar-refractivity contribution in [3.05, 3.63) is 71.8 Å². The minimum atomic E-state index is -0.133. The molecule has 3 heteroatoms. The van der Waals surface area contributed by atoms with Gasteiger partial charge in [-0.05, 0) is 24.0 Å². The van der Waals surface area contributed by atoms with Crippen molar-refractivity contribution in [2.45, 2.75) is 25.4 Å². The monoisotopic (exact) mass is 394 g/mol. The predicted octanol–water partition coefficient (Wildman–Crippen LogP) is 4.73. The summed E-state index contributed by atoms with van der Waals surface area (Å²) in [6.07, 6.45) is 1.87. The third-order valence-corrected chi connectivity index (χ3v) is 3.90. The van der Waals surface area contributed by atoms with E-state index in [1.807, 2.05) is 60.7 Å². The quantitative estimate of drug-likeness (QED) is 0.386. The lowest BCUT2D eigenvalue weighted by atomic mass is 10.1. The highest BCUT2D eigenvalue weighted by molar-refractivity contribution is 14.1. The Morgan fingerprint density at radius 3 is 2.24 bits per heavy atom. The van der Waals surface area contributed by atoms with Gasteiger partial charge in [0.25, 0.3) is 0 Å². The van der Waals surface area contributed by atoms with Crippen LogP contribution in [0.1, 0.15) is 30.1 Å². The van der Waals surface area contributed by atoms with Gasteiger partial charge in [-0.1, -0.05) is 83.3 Å². The van der Waals surface area contributed by atoms with Gasteiger partial charge < -0.3 is 4.74 Å². The Morgan fingerprint density at radius 2 is 1.62 bits per heavy atom. The molecule has 0 saturated carbocycles. The normalized spacial score (nSPS) is 11.9. The molecule has 2 aromatic carbocycles. The second-order valence-electron chi connectivity index (χ2n) is 4.85. The molecule has 2 nitrogen and oxygen atoms in total. The summed E-state index contributed by atoms with van der Waals surface area (Å²) in [6.45, 7) is 0. The highest BCUT2D eigenvalue weighted by Crippen LogP contribution is 2.23. The zero-order valence-corrected chi connectivity index (χ0v) is 14.0. The number of carbonyl (C=O) groups excluding carboxylic acids is 1. The summed E-state index contributed by atoms with van der Waals surface area (Å²) in [5.41, 5.74) is 2.24. The molecule has 0 amide bonds. The summed E-state index contributed by atoms with van der Waals surface area (Å²) in [5, 5.41) is 0. The zero-order valence-electron chi connectivity index (χ0n) is 11.9. The molecule has 0 unspecified atom stereocenters. The molecular weight excluding hydrogens is 375 g/mol. The van der Waals surface area contributed by atoms with E-state index < -0.39 is 0 Å². The Hall–Kier alpha value is -1.36. The number of esters is 1. The molecule has 0 saturated heterocycles. The largest absolute Gasteiger partial charge is 0.457 e. The molecule has 0 radical (unpaired) electrons. The van der Waals surface area contributed by atoms with Crippen LogP contribution >= 0.6 is 22.6 Å². The van der Waals surface area contributed by atoms with Gasteiger partial charge in [-0.2, -0.15) is 0 Å². The highest BCUT2D eigenvalue weighted by atomic mass is 127. The van der Waals surface area contributed by atoms with E-state index in [0.717, 1.165) is 22.8 Å². The fourth-order valence-corrected chi connectivity index (χ4v) is 2.73. The zero-order chi connectivity index (χ0) is 14.9. The number of rotatable bonds is 7. The van der Waals surface area contributed by atoms with E-state index in [9.17, 15) is 4.79 Å². The van der Waals surface area contributed by atoms with E-state index in [1.54, 1.807) is 0 Å². The van der Waals surface area contributed by atoms with Crippen LogP contribution in [0.4, 0.5) is 0 Å². The highest BCUT2D eigenvalue weighted by Gasteiger charge is 2.15. The molecule has 0 fully saturated rings. The van der Waals surface area contributed by atoms with Crippen LogP contribution in [-0.4, -0.2) is 10.4 Å². The lowest BCUT2D eigenvalue weighted by Gasteiger charge is -2.17. The second kappa shape index (κ2) is 8.82. The van der Waals surface area contributed by atoms with Gasteiger partial charge in [0.1, 0.15) is 6.10 Å². The van der Waals surface area contributed by atoms with Gasteiger partial charge in [-0.3, -0.25) is 4.79 Å². The maximum Gasteiger partial charge on any atom is 0.306 e. The van der Waals surface area contributed by atoms with Gasteiger partial charge in [0.2, 0.25) is 0 Å². The van der Waals surface area contributed by atoms with Crippen molar-refractivity contribution < 1.29 is 9.53 Å². The van der Waals surface area contributed by atoms with Gasteiger partial charge in [0, 0.05) is 10.8 Å². The number of halogens is 1. The van der Waals surface area contributed by atoms with Crippen LogP contribution in [0, 0.1) is 0 Å². The molecule has 0 N–H and O–H groups in total. The van der Waals surface area contributed by atoms with Crippen LogP contribution in [0.25, 0.3) is 0 Å². The number of ether oxygens (including phenoxy) is 1. The van der Waals surface area contributed by atoms with Crippen molar-refractivity contribution >= 4 is 28.6 Å². The van der Waals surface area contributed by atoms with E-state index in [0.29, 0.717) is 6.42 Å². The lowest BCUT2D eigenvalue weighted by Crippen LogP contribution is -2.12. The molecule has 0 aliphatic heterocycles. The van der Waals surface area contributed by atoms with Crippen LogP contribution in [0.15, 0.2) is 60.7 Å². The van der Waals surface area contributed by atoms with Crippen LogP contribution in [-0.2, 0) is 16.0 Å². The van der Waals surface area contributed by atoms with Crippen LogP contribution in [0.5, 0.6) is 0 Å². The van der Waals surface area contributed by atoms with E-state index in [2.05, 4.69) is 22.6 Å². The molecule has 0 heterocycles. The van der Waals surface area contributed by atoms with Crippen LogP contribution < -0.4 is 0 Å². The third kappa shape index (κ3) is 5.50. The van der Waals surface area contributed by atoms with Gasteiger partial charge in [0.15, 0.2) is 0 Å². The van der Waals surface area contributed by atoms with Crippen molar-refractivity contribution in [2.75, 3.05) is 4.43 Å². The molecule has 1 atom stereocenters. The second-order valence-corrected chi connectivity index (χ2v) is 5.93. The summed E-state index contributed by atoms with van der Waals surface area (Å²) < 4.78 is 6.62. The standard InChI is InChI=1S/C18H19IO2/c19-14-13-17(16-9-5-2-6-10-16)21-18(20)12-11-15-7-3-1-4-8-15/h1-10,17H,11-14H2/t17-/m1/s1. The van der Waals surface area contributed by atoms with Gasteiger partial charge in [0.05, 0.1) is 0 Å². The number of hydrogen-bond donors (Lipinski definition) is 0. The minimum Gasteiger partial charge on any atom is -0.457 e. The number of benzene rings is 2. The molecule has 0 spiro atoms. The minimum absolute atomic E-state index is 0.127. The Balaban J connectivity index is 1.89. The average Bonchev–Trinajstić information content (AvgIpc) is 2.54.